The van der Waals surface area contributed by atoms with E-state index in [-0.39, 0.29) is 17.2 Å². The highest BCUT2D eigenvalue weighted by atomic mass is 19.3. The molecule has 0 saturated carbocycles. The zero-order valence-corrected chi connectivity index (χ0v) is 23.7. The summed E-state index contributed by atoms with van der Waals surface area (Å²) in [6, 6.07) is 7.40. The number of benzene rings is 2. The molecule has 0 bridgehead atoms. The summed E-state index contributed by atoms with van der Waals surface area (Å²) in [4.78, 5) is 18.1. The number of aryl methyl sites for hydroxylation is 3. The molecule has 40 heavy (non-hydrogen) atoms. The van der Waals surface area contributed by atoms with E-state index in [1.165, 1.54) is 0 Å². The van der Waals surface area contributed by atoms with E-state index in [1.54, 1.807) is 59.5 Å². The van der Waals surface area contributed by atoms with Gasteiger partial charge in [-0.3, -0.25) is 18.4 Å². The van der Waals surface area contributed by atoms with Gasteiger partial charge in [0.25, 0.3) is 6.43 Å². The first kappa shape index (κ1) is 26.4. The van der Waals surface area contributed by atoms with E-state index >= 15 is 0 Å². The molecule has 6 rings (SSSR count). The van der Waals surface area contributed by atoms with Gasteiger partial charge >= 0.3 is 5.69 Å². The number of rotatable bonds is 4. The highest BCUT2D eigenvalue weighted by Gasteiger charge is 2.29. The minimum Gasteiger partial charge on any atom is -0.381 e. The molecule has 5 aromatic rings. The lowest BCUT2D eigenvalue weighted by Gasteiger charge is -2.25. The molecule has 0 N–H and O–H groups in total. The predicted molar refractivity (Wildman–Crippen MR) is 151 cm³/mol. The summed E-state index contributed by atoms with van der Waals surface area (Å²) in [6.45, 7) is 7.52. The van der Waals surface area contributed by atoms with Gasteiger partial charge in [-0.25, -0.2) is 18.6 Å². The summed E-state index contributed by atoms with van der Waals surface area (Å²) in [5, 5.41) is 4.19. The minimum absolute atomic E-state index is 0.0695. The van der Waals surface area contributed by atoms with Gasteiger partial charge in [0.05, 0.1) is 28.3 Å². The molecule has 8 nitrogen and oxygen atoms in total. The first-order valence-corrected chi connectivity index (χ1v) is 13.6. The zero-order chi connectivity index (χ0) is 28.5. The number of fused-ring (bicyclic) bond motifs is 2. The summed E-state index contributed by atoms with van der Waals surface area (Å²) in [5.41, 5.74) is 5.28. The largest absolute Gasteiger partial charge is 0.381 e. The van der Waals surface area contributed by atoms with Crippen molar-refractivity contribution in [2.75, 3.05) is 13.2 Å². The lowest BCUT2D eigenvalue weighted by molar-refractivity contribution is 0.0855. The summed E-state index contributed by atoms with van der Waals surface area (Å²) < 4.78 is 41.6. The molecule has 4 heterocycles. The van der Waals surface area contributed by atoms with Crippen LogP contribution in [0.2, 0.25) is 0 Å². The van der Waals surface area contributed by atoms with E-state index in [0.717, 1.165) is 41.0 Å². The van der Waals surface area contributed by atoms with Crippen molar-refractivity contribution in [1.29, 1.82) is 0 Å². The third-order valence-electron chi connectivity index (χ3n) is 8.04. The minimum atomic E-state index is -2.68. The number of alkyl halides is 2. The van der Waals surface area contributed by atoms with Gasteiger partial charge in [0, 0.05) is 62.8 Å². The molecule has 2 aromatic carbocycles. The van der Waals surface area contributed by atoms with Crippen molar-refractivity contribution >= 4 is 22.1 Å². The Morgan fingerprint density at radius 3 is 2.35 bits per heavy atom. The number of aromatic nitrogens is 6. The van der Waals surface area contributed by atoms with Gasteiger partial charge in [-0.15, -0.1) is 0 Å². The molecule has 1 saturated heterocycles. The van der Waals surface area contributed by atoms with E-state index in [1.807, 2.05) is 10.6 Å². The second-order valence-electron chi connectivity index (χ2n) is 11.8. The monoisotopic (exact) mass is 548 g/mol. The third-order valence-corrected chi connectivity index (χ3v) is 8.04. The van der Waals surface area contributed by atoms with Gasteiger partial charge in [0.15, 0.2) is 0 Å². The summed E-state index contributed by atoms with van der Waals surface area (Å²) in [6.07, 6.45) is 2.35. The average molecular weight is 549 g/mol. The van der Waals surface area contributed by atoms with Crippen LogP contribution in [0.15, 0.2) is 41.5 Å². The molecule has 10 heteroatoms. The molecule has 1 aliphatic heterocycles. The van der Waals surface area contributed by atoms with E-state index in [9.17, 15) is 13.6 Å². The van der Waals surface area contributed by atoms with Crippen molar-refractivity contribution in [3.8, 4) is 16.8 Å². The van der Waals surface area contributed by atoms with Crippen molar-refractivity contribution < 1.29 is 13.5 Å². The fraction of sp³-hybridized carbons (Fsp3) is 0.433. The zero-order valence-electron chi connectivity index (χ0n) is 23.7. The van der Waals surface area contributed by atoms with E-state index in [4.69, 9.17) is 9.72 Å². The smallest absolute Gasteiger partial charge is 0.328 e. The molecule has 0 spiro atoms. The molecule has 1 fully saturated rings. The predicted octanol–water partition coefficient (Wildman–Crippen LogP) is 5.75. The Hall–Kier alpha value is -3.79. The molecule has 0 unspecified atom stereocenters. The Bertz CT molecular complexity index is 1810. The van der Waals surface area contributed by atoms with Crippen molar-refractivity contribution in [3.63, 3.8) is 0 Å². The Balaban J connectivity index is 1.69. The second-order valence-corrected chi connectivity index (χ2v) is 11.8. The SMILES string of the molecule is Cn1cc(-c2cc3nc(C(C)(C)C)n(-c4cc(C5CCOCC5)c5c(c4)n(C)c(=O)n5C)c3cc2C(F)F)cn1. The van der Waals surface area contributed by atoms with Crippen LogP contribution in [0.5, 0.6) is 0 Å². The van der Waals surface area contributed by atoms with Crippen molar-refractivity contribution in [1.82, 2.24) is 28.5 Å². The fourth-order valence-electron chi connectivity index (χ4n) is 6.01. The summed E-state index contributed by atoms with van der Waals surface area (Å²) in [7, 11) is 5.34. The molecular formula is C30H34F2N6O2. The fourth-order valence-corrected chi connectivity index (χ4v) is 6.01. The van der Waals surface area contributed by atoms with Gasteiger partial charge in [-0.1, -0.05) is 20.8 Å². The van der Waals surface area contributed by atoms with Crippen LogP contribution in [0.3, 0.4) is 0 Å². The summed E-state index contributed by atoms with van der Waals surface area (Å²) >= 11 is 0. The molecule has 1 aliphatic rings. The molecule has 3 aromatic heterocycles. The van der Waals surface area contributed by atoms with Crippen LogP contribution in [-0.2, 0) is 31.3 Å². The lowest BCUT2D eigenvalue weighted by Crippen LogP contribution is -2.20. The van der Waals surface area contributed by atoms with Crippen LogP contribution in [0, 0.1) is 0 Å². The van der Waals surface area contributed by atoms with Gasteiger partial charge in [0.2, 0.25) is 0 Å². The Morgan fingerprint density at radius 2 is 1.73 bits per heavy atom. The topological polar surface area (TPSA) is 71.8 Å². The number of ether oxygens (including phenoxy) is 1. The average Bonchev–Trinajstić information content (AvgIpc) is 3.59. The lowest BCUT2D eigenvalue weighted by atomic mass is 9.90. The second kappa shape index (κ2) is 9.40. The van der Waals surface area contributed by atoms with E-state index in [2.05, 4.69) is 31.9 Å². The first-order chi connectivity index (χ1) is 19.0. The number of hydrogen-bond donors (Lipinski definition) is 0. The molecular weight excluding hydrogens is 514 g/mol. The maximum Gasteiger partial charge on any atom is 0.328 e. The van der Waals surface area contributed by atoms with Crippen LogP contribution >= 0.6 is 0 Å². The maximum atomic E-state index is 14.5. The van der Waals surface area contributed by atoms with Gasteiger partial charge in [0.1, 0.15) is 5.82 Å². The maximum absolute atomic E-state index is 14.5. The molecule has 210 valence electrons. The van der Waals surface area contributed by atoms with Crippen LogP contribution in [0.1, 0.15) is 62.9 Å². The molecule has 0 radical (unpaired) electrons. The van der Waals surface area contributed by atoms with Gasteiger partial charge in [-0.2, -0.15) is 5.10 Å². The molecule has 0 amide bonds. The summed E-state index contributed by atoms with van der Waals surface area (Å²) in [5.74, 6) is 0.968. The van der Waals surface area contributed by atoms with Crippen LogP contribution in [0.4, 0.5) is 8.78 Å². The number of nitrogens with zero attached hydrogens (tertiary/aromatic N) is 6. The number of halogens is 2. The van der Waals surface area contributed by atoms with Crippen LogP contribution < -0.4 is 5.69 Å². The molecule has 0 atom stereocenters. The van der Waals surface area contributed by atoms with Crippen molar-refractivity contribution in [2.45, 2.75) is 51.4 Å². The van der Waals surface area contributed by atoms with E-state index in [0.29, 0.717) is 35.4 Å². The Kier molecular flexibility index (Phi) is 6.21. The van der Waals surface area contributed by atoms with E-state index < -0.39 is 11.8 Å². The third kappa shape index (κ3) is 4.16. The molecule has 0 aliphatic carbocycles. The standard InChI is InChI=1S/C30H34F2N6O2/c1-30(2,3)28-34-23-13-20(18-15-33-35(4)16-18)22(27(31)32)14-24(23)38(28)19-11-21(17-7-9-40-10-8-17)26-25(12-19)36(5)29(39)37(26)6/h11-17,27H,7-10H2,1-6H3. The highest BCUT2D eigenvalue weighted by Crippen LogP contribution is 2.40. The first-order valence-electron chi connectivity index (χ1n) is 13.6. The quantitative estimate of drug-likeness (QED) is 0.287. The number of imidazole rings is 2. The van der Waals surface area contributed by atoms with Gasteiger partial charge in [-0.05, 0) is 54.2 Å². The van der Waals surface area contributed by atoms with Crippen molar-refractivity contribution in [2.24, 2.45) is 21.1 Å². The number of hydrogen-bond acceptors (Lipinski definition) is 4. The van der Waals surface area contributed by atoms with Crippen molar-refractivity contribution in [3.05, 3.63) is 64.1 Å². The highest BCUT2D eigenvalue weighted by molar-refractivity contribution is 5.88. The Labute approximate surface area is 230 Å². The normalized spacial score (nSPS) is 15.2. The van der Waals surface area contributed by atoms with Gasteiger partial charge < -0.3 is 4.74 Å². The van der Waals surface area contributed by atoms with Crippen LogP contribution in [-0.4, -0.2) is 41.7 Å². The van der Waals surface area contributed by atoms with Crippen LogP contribution in [0.25, 0.3) is 38.9 Å². The Morgan fingerprint density at radius 1 is 1.00 bits per heavy atom.